The second-order valence-corrected chi connectivity index (χ2v) is 5.57. The van der Waals surface area contributed by atoms with Crippen LogP contribution in [0.1, 0.15) is 43.8 Å². The maximum absolute atomic E-state index is 5.74. The molecular weight excluding hydrogens is 274 g/mol. The van der Waals surface area contributed by atoms with Gasteiger partial charge in [-0.2, -0.15) is 5.10 Å². The average molecular weight is 292 g/mol. The molecule has 0 unspecified atom stereocenters. The zero-order valence-corrected chi connectivity index (χ0v) is 12.1. The maximum atomic E-state index is 5.74. The van der Waals surface area contributed by atoms with Crippen LogP contribution in [0.5, 0.6) is 5.75 Å². The maximum Gasteiger partial charge on any atom is 0.138 e. The lowest BCUT2D eigenvalue weighted by molar-refractivity contribution is 0.290. The summed E-state index contributed by atoms with van der Waals surface area (Å²) in [6.45, 7) is 0.461. The largest absolute Gasteiger partial charge is 0.486 e. The first-order valence-corrected chi connectivity index (χ1v) is 7.47. The molecule has 2 aromatic heterocycles. The predicted octanol–water partition coefficient (Wildman–Crippen LogP) is 4.02. The van der Waals surface area contributed by atoms with E-state index in [-0.39, 0.29) is 0 Å². The van der Waals surface area contributed by atoms with Crippen LogP contribution in [0.2, 0.25) is 5.15 Å². The highest BCUT2D eigenvalue weighted by atomic mass is 35.5. The van der Waals surface area contributed by atoms with Crippen LogP contribution in [0, 0.1) is 0 Å². The lowest BCUT2D eigenvalue weighted by Gasteiger charge is -2.21. The van der Waals surface area contributed by atoms with Crippen molar-refractivity contribution in [3.63, 3.8) is 0 Å². The zero-order valence-electron chi connectivity index (χ0n) is 11.3. The van der Waals surface area contributed by atoms with Gasteiger partial charge in [0.15, 0.2) is 0 Å². The third-order valence-electron chi connectivity index (χ3n) is 3.70. The van der Waals surface area contributed by atoms with E-state index in [1.54, 1.807) is 12.3 Å². The molecule has 1 fully saturated rings. The number of halogens is 1. The van der Waals surface area contributed by atoms with Gasteiger partial charge < -0.3 is 4.74 Å². The molecule has 0 bridgehead atoms. The lowest BCUT2D eigenvalue weighted by Crippen LogP contribution is -2.13. The molecule has 3 rings (SSSR count). The van der Waals surface area contributed by atoms with Gasteiger partial charge in [-0.25, -0.2) is 4.98 Å². The van der Waals surface area contributed by atoms with Crippen LogP contribution in [-0.2, 0) is 6.61 Å². The molecule has 1 saturated carbocycles. The number of hydrogen-bond acceptors (Lipinski definition) is 3. The molecule has 0 aromatic carbocycles. The van der Waals surface area contributed by atoms with E-state index in [0.717, 1.165) is 5.69 Å². The third kappa shape index (κ3) is 3.31. The summed E-state index contributed by atoms with van der Waals surface area (Å²) in [6, 6.07) is 6.12. The molecule has 5 heteroatoms. The van der Waals surface area contributed by atoms with Crippen molar-refractivity contribution in [2.75, 3.05) is 0 Å². The summed E-state index contributed by atoms with van der Waals surface area (Å²) in [5.74, 6) is 0.710. The van der Waals surface area contributed by atoms with Crippen LogP contribution in [0.4, 0.5) is 0 Å². The van der Waals surface area contributed by atoms with Crippen molar-refractivity contribution >= 4 is 11.6 Å². The molecule has 2 heterocycles. The molecule has 0 saturated heterocycles. The van der Waals surface area contributed by atoms with Crippen LogP contribution in [0.3, 0.4) is 0 Å². The van der Waals surface area contributed by atoms with Crippen LogP contribution in [-0.4, -0.2) is 14.8 Å². The van der Waals surface area contributed by atoms with Crippen molar-refractivity contribution in [2.24, 2.45) is 0 Å². The monoisotopic (exact) mass is 291 g/mol. The summed E-state index contributed by atoms with van der Waals surface area (Å²) < 4.78 is 7.75. The first kappa shape index (κ1) is 13.4. The Morgan fingerprint density at radius 2 is 2.05 bits per heavy atom. The number of ether oxygens (including phenoxy) is 1. The smallest absolute Gasteiger partial charge is 0.138 e. The van der Waals surface area contributed by atoms with Crippen molar-refractivity contribution in [2.45, 2.75) is 44.8 Å². The van der Waals surface area contributed by atoms with Gasteiger partial charge in [0.05, 0.1) is 17.9 Å². The van der Waals surface area contributed by atoms with Crippen molar-refractivity contribution < 1.29 is 4.74 Å². The Hall–Kier alpha value is -1.55. The van der Waals surface area contributed by atoms with E-state index < -0.39 is 0 Å². The van der Waals surface area contributed by atoms with Crippen molar-refractivity contribution in [1.29, 1.82) is 0 Å². The zero-order chi connectivity index (χ0) is 13.8. The van der Waals surface area contributed by atoms with E-state index in [4.69, 9.17) is 16.3 Å². The van der Waals surface area contributed by atoms with Gasteiger partial charge in [-0.05, 0) is 31.0 Å². The van der Waals surface area contributed by atoms with Crippen molar-refractivity contribution in [3.05, 3.63) is 41.4 Å². The number of nitrogens with zero attached hydrogens (tertiary/aromatic N) is 3. The lowest BCUT2D eigenvalue weighted by atomic mass is 9.96. The highest BCUT2D eigenvalue weighted by molar-refractivity contribution is 6.29. The highest BCUT2D eigenvalue weighted by Gasteiger charge is 2.15. The van der Waals surface area contributed by atoms with Crippen LogP contribution in [0.15, 0.2) is 30.6 Å². The van der Waals surface area contributed by atoms with Gasteiger partial charge in [-0.1, -0.05) is 30.9 Å². The second kappa shape index (κ2) is 6.27. The van der Waals surface area contributed by atoms with Crippen molar-refractivity contribution in [3.8, 4) is 5.75 Å². The predicted molar refractivity (Wildman–Crippen MR) is 77.9 cm³/mol. The van der Waals surface area contributed by atoms with Gasteiger partial charge in [0.2, 0.25) is 0 Å². The number of aromatic nitrogens is 3. The molecule has 106 valence electrons. The summed E-state index contributed by atoms with van der Waals surface area (Å²) in [4.78, 5) is 3.98. The number of pyridine rings is 1. The minimum absolute atomic E-state index is 0.461. The van der Waals surface area contributed by atoms with Crippen LogP contribution >= 0.6 is 11.6 Å². The van der Waals surface area contributed by atoms with E-state index in [0.29, 0.717) is 23.6 Å². The third-order valence-corrected chi connectivity index (χ3v) is 3.92. The average Bonchev–Trinajstić information content (AvgIpc) is 2.97. The molecular formula is C15H18ClN3O. The van der Waals surface area contributed by atoms with Crippen LogP contribution in [0.25, 0.3) is 0 Å². The Kier molecular flexibility index (Phi) is 4.21. The summed E-state index contributed by atoms with van der Waals surface area (Å²) in [6.07, 6.45) is 10.2. The Morgan fingerprint density at radius 1 is 1.20 bits per heavy atom. The Balaban J connectivity index is 1.58. The molecule has 0 N–H and O–H groups in total. The molecule has 2 aromatic rings. The molecule has 0 spiro atoms. The molecule has 4 nitrogen and oxygen atoms in total. The van der Waals surface area contributed by atoms with Gasteiger partial charge >= 0.3 is 0 Å². The highest BCUT2D eigenvalue weighted by Crippen LogP contribution is 2.27. The van der Waals surface area contributed by atoms with E-state index in [2.05, 4.69) is 21.0 Å². The Labute approximate surface area is 123 Å². The quantitative estimate of drug-likeness (QED) is 0.799. The molecule has 0 amide bonds. The topological polar surface area (TPSA) is 39.9 Å². The normalized spacial score (nSPS) is 16.2. The second-order valence-electron chi connectivity index (χ2n) is 5.18. The molecule has 0 radical (unpaired) electrons. The first-order chi connectivity index (χ1) is 9.81. The molecule has 20 heavy (non-hydrogen) atoms. The van der Waals surface area contributed by atoms with Gasteiger partial charge in [0.1, 0.15) is 17.5 Å². The minimum Gasteiger partial charge on any atom is -0.486 e. The minimum atomic E-state index is 0.461. The summed E-state index contributed by atoms with van der Waals surface area (Å²) in [5.41, 5.74) is 0.950. The fourth-order valence-electron chi connectivity index (χ4n) is 2.61. The van der Waals surface area contributed by atoms with E-state index >= 15 is 0 Å². The number of rotatable bonds is 4. The summed E-state index contributed by atoms with van der Waals surface area (Å²) in [7, 11) is 0. The molecule has 0 atom stereocenters. The van der Waals surface area contributed by atoms with Crippen molar-refractivity contribution in [1.82, 2.24) is 14.8 Å². The van der Waals surface area contributed by atoms with E-state index in [1.165, 1.54) is 32.1 Å². The van der Waals surface area contributed by atoms with Gasteiger partial charge in [0, 0.05) is 6.20 Å². The molecule has 1 aliphatic carbocycles. The SMILES string of the molecule is Clc1ccc(OCc2ccn(C3CCCCC3)n2)cn1. The van der Waals surface area contributed by atoms with Gasteiger partial charge in [-0.3, -0.25) is 4.68 Å². The van der Waals surface area contributed by atoms with E-state index in [9.17, 15) is 0 Å². The Morgan fingerprint density at radius 3 is 2.80 bits per heavy atom. The molecule has 1 aliphatic rings. The Bertz CT molecular complexity index is 547. The number of hydrogen-bond donors (Lipinski definition) is 0. The summed E-state index contributed by atoms with van der Waals surface area (Å²) >= 11 is 5.74. The van der Waals surface area contributed by atoms with Gasteiger partial charge in [0.25, 0.3) is 0 Å². The summed E-state index contributed by atoms with van der Waals surface area (Å²) in [5, 5.41) is 5.08. The molecule has 0 aliphatic heterocycles. The fourth-order valence-corrected chi connectivity index (χ4v) is 2.72. The van der Waals surface area contributed by atoms with Gasteiger partial charge in [-0.15, -0.1) is 0 Å². The fraction of sp³-hybridized carbons (Fsp3) is 0.467. The first-order valence-electron chi connectivity index (χ1n) is 7.10. The van der Waals surface area contributed by atoms with Crippen LogP contribution < -0.4 is 4.74 Å². The van der Waals surface area contributed by atoms with E-state index in [1.807, 2.05) is 12.1 Å². The standard InChI is InChI=1S/C15H18ClN3O/c16-15-7-6-14(10-17-15)20-11-12-8-9-19(18-12)13-4-2-1-3-5-13/h6-10,13H,1-5,11H2.